The highest BCUT2D eigenvalue weighted by Crippen LogP contribution is 2.32. The Bertz CT molecular complexity index is 264. The van der Waals surface area contributed by atoms with E-state index in [-0.39, 0.29) is 11.9 Å². The molecule has 0 radical (unpaired) electrons. The Morgan fingerprint density at radius 1 is 1.46 bits per heavy atom. The summed E-state index contributed by atoms with van der Waals surface area (Å²) in [5, 5.41) is 0. The minimum Gasteiger partial charge on any atom is -0.464 e. The Morgan fingerprint density at radius 2 is 2.31 bits per heavy atom. The minimum absolute atomic E-state index is 0.115. The third-order valence-corrected chi connectivity index (χ3v) is 2.17. The van der Waals surface area contributed by atoms with Crippen LogP contribution in [-0.4, -0.2) is 12.2 Å². The van der Waals surface area contributed by atoms with Crippen molar-refractivity contribution < 1.29 is 13.9 Å². The molecule has 0 saturated carbocycles. The summed E-state index contributed by atoms with van der Waals surface area (Å²) in [7, 11) is 0. The topological polar surface area (TPSA) is 31.6 Å². The first-order valence-electron chi connectivity index (χ1n) is 4.50. The molecule has 1 saturated heterocycles. The molecule has 1 aromatic rings. The second-order valence-corrected chi connectivity index (χ2v) is 3.85. The van der Waals surface area contributed by atoms with E-state index >= 15 is 0 Å². The fourth-order valence-corrected chi connectivity index (χ4v) is 1.36. The van der Waals surface area contributed by atoms with E-state index in [0.29, 0.717) is 0 Å². The fraction of sp³-hybridized carbons (Fsp3) is 0.600. The van der Waals surface area contributed by atoms with Crippen molar-refractivity contribution >= 4 is 0 Å². The molecule has 0 N–H and O–H groups in total. The van der Waals surface area contributed by atoms with Crippen molar-refractivity contribution in [3.63, 3.8) is 0 Å². The first kappa shape index (κ1) is 8.78. The molecule has 0 aromatic carbocycles. The monoisotopic (exact) mass is 182 g/mol. The van der Waals surface area contributed by atoms with Gasteiger partial charge >= 0.3 is 0 Å². The lowest BCUT2D eigenvalue weighted by atomic mass is 10.1. The molecular formula is C10H14O3. The van der Waals surface area contributed by atoms with E-state index in [2.05, 4.69) is 13.8 Å². The van der Waals surface area contributed by atoms with Gasteiger partial charge in [0.1, 0.15) is 0 Å². The van der Waals surface area contributed by atoms with Crippen molar-refractivity contribution in [3.05, 3.63) is 24.2 Å². The summed E-state index contributed by atoms with van der Waals surface area (Å²) in [5.41, 5.74) is -0.115. The molecule has 1 aromatic heterocycles. The lowest BCUT2D eigenvalue weighted by Crippen LogP contribution is -2.34. The molecule has 0 spiro atoms. The largest absolute Gasteiger partial charge is 0.464 e. The standard InChI is InChI=1S/C10H14O3/c1-10(2)5-7-12-9(13-10)8-4-3-6-11-8/h3-4,6,9H,5,7H2,1-2H3. The van der Waals surface area contributed by atoms with Crippen LogP contribution in [0, 0.1) is 0 Å². The molecule has 3 nitrogen and oxygen atoms in total. The Kier molecular flexibility index (Phi) is 2.14. The third-order valence-electron chi connectivity index (χ3n) is 2.17. The third kappa shape index (κ3) is 1.92. The van der Waals surface area contributed by atoms with Crippen molar-refractivity contribution in [3.8, 4) is 0 Å². The highest BCUT2D eigenvalue weighted by molar-refractivity contribution is 5.00. The van der Waals surface area contributed by atoms with Crippen molar-refractivity contribution in [2.45, 2.75) is 32.2 Å². The van der Waals surface area contributed by atoms with Crippen LogP contribution < -0.4 is 0 Å². The van der Waals surface area contributed by atoms with Gasteiger partial charge < -0.3 is 13.9 Å². The van der Waals surface area contributed by atoms with Gasteiger partial charge in [0.25, 0.3) is 0 Å². The molecule has 13 heavy (non-hydrogen) atoms. The summed E-state index contributed by atoms with van der Waals surface area (Å²) in [4.78, 5) is 0. The highest BCUT2D eigenvalue weighted by Gasteiger charge is 2.31. The maximum Gasteiger partial charge on any atom is 0.217 e. The number of hydrogen-bond donors (Lipinski definition) is 0. The van der Waals surface area contributed by atoms with Gasteiger partial charge in [-0.05, 0) is 32.4 Å². The van der Waals surface area contributed by atoms with Crippen molar-refractivity contribution in [1.29, 1.82) is 0 Å². The molecule has 0 bridgehead atoms. The van der Waals surface area contributed by atoms with Crippen LogP contribution in [0.2, 0.25) is 0 Å². The Labute approximate surface area is 77.6 Å². The zero-order valence-corrected chi connectivity index (χ0v) is 7.95. The average molecular weight is 182 g/mol. The van der Waals surface area contributed by atoms with Crippen molar-refractivity contribution in [2.75, 3.05) is 6.61 Å². The van der Waals surface area contributed by atoms with E-state index in [9.17, 15) is 0 Å². The zero-order chi connectivity index (χ0) is 9.31. The summed E-state index contributed by atoms with van der Waals surface area (Å²) in [6.45, 7) is 4.84. The van der Waals surface area contributed by atoms with Gasteiger partial charge in [0, 0.05) is 0 Å². The molecular weight excluding hydrogens is 168 g/mol. The minimum atomic E-state index is -0.334. The molecule has 1 unspecified atom stereocenters. The molecule has 2 rings (SSSR count). The van der Waals surface area contributed by atoms with Gasteiger partial charge in [-0.1, -0.05) is 0 Å². The Hall–Kier alpha value is -0.800. The second kappa shape index (κ2) is 3.16. The van der Waals surface area contributed by atoms with Crippen LogP contribution in [0.3, 0.4) is 0 Å². The predicted molar refractivity (Wildman–Crippen MR) is 47.2 cm³/mol. The maximum atomic E-state index is 5.70. The highest BCUT2D eigenvalue weighted by atomic mass is 16.7. The van der Waals surface area contributed by atoms with Crippen molar-refractivity contribution in [2.24, 2.45) is 0 Å². The van der Waals surface area contributed by atoms with Crippen LogP contribution in [0.1, 0.15) is 32.3 Å². The van der Waals surface area contributed by atoms with E-state index in [1.54, 1.807) is 6.26 Å². The quantitative estimate of drug-likeness (QED) is 0.668. The maximum absolute atomic E-state index is 5.70. The Morgan fingerprint density at radius 3 is 2.92 bits per heavy atom. The number of ether oxygens (including phenoxy) is 2. The summed E-state index contributed by atoms with van der Waals surface area (Å²) in [5.74, 6) is 0.743. The lowest BCUT2D eigenvalue weighted by molar-refractivity contribution is -0.256. The van der Waals surface area contributed by atoms with Gasteiger partial charge in [-0.25, -0.2) is 0 Å². The van der Waals surface area contributed by atoms with E-state index in [1.807, 2.05) is 12.1 Å². The molecule has 1 atom stereocenters. The van der Waals surface area contributed by atoms with Gasteiger partial charge in [0.05, 0.1) is 18.5 Å². The van der Waals surface area contributed by atoms with Crippen LogP contribution in [0.4, 0.5) is 0 Å². The SMILES string of the molecule is CC1(C)CCOC(c2ccco2)O1. The predicted octanol–water partition coefficient (Wildman–Crippen LogP) is 2.49. The van der Waals surface area contributed by atoms with E-state index < -0.39 is 0 Å². The van der Waals surface area contributed by atoms with E-state index in [4.69, 9.17) is 13.9 Å². The Balaban J connectivity index is 2.09. The smallest absolute Gasteiger partial charge is 0.217 e. The zero-order valence-electron chi connectivity index (χ0n) is 7.95. The fourth-order valence-electron chi connectivity index (χ4n) is 1.36. The van der Waals surface area contributed by atoms with Gasteiger partial charge in [-0.3, -0.25) is 0 Å². The van der Waals surface area contributed by atoms with E-state index in [1.165, 1.54) is 0 Å². The first-order chi connectivity index (χ1) is 6.17. The molecule has 1 fully saturated rings. The molecule has 2 heterocycles. The molecule has 0 aliphatic carbocycles. The lowest BCUT2D eigenvalue weighted by Gasteiger charge is -2.34. The summed E-state index contributed by atoms with van der Waals surface area (Å²) in [6, 6.07) is 3.70. The first-order valence-corrected chi connectivity index (χ1v) is 4.50. The molecule has 1 aliphatic heterocycles. The average Bonchev–Trinajstić information content (AvgIpc) is 2.53. The van der Waals surface area contributed by atoms with Crippen LogP contribution in [-0.2, 0) is 9.47 Å². The van der Waals surface area contributed by atoms with Crippen LogP contribution in [0.25, 0.3) is 0 Å². The van der Waals surface area contributed by atoms with Gasteiger partial charge in [-0.2, -0.15) is 0 Å². The summed E-state index contributed by atoms with van der Waals surface area (Å²) >= 11 is 0. The van der Waals surface area contributed by atoms with Gasteiger partial charge in [0.15, 0.2) is 5.76 Å². The normalized spacial score (nSPS) is 27.4. The molecule has 72 valence electrons. The number of hydrogen-bond acceptors (Lipinski definition) is 3. The van der Waals surface area contributed by atoms with Crippen LogP contribution >= 0.6 is 0 Å². The summed E-state index contributed by atoms with van der Waals surface area (Å²) < 4.78 is 16.4. The van der Waals surface area contributed by atoms with Gasteiger partial charge in [-0.15, -0.1) is 0 Å². The summed E-state index contributed by atoms with van der Waals surface area (Å²) in [6.07, 6.45) is 2.21. The molecule has 1 aliphatic rings. The van der Waals surface area contributed by atoms with Crippen LogP contribution in [0.15, 0.2) is 22.8 Å². The van der Waals surface area contributed by atoms with E-state index in [0.717, 1.165) is 18.8 Å². The number of furan rings is 1. The second-order valence-electron chi connectivity index (χ2n) is 3.85. The van der Waals surface area contributed by atoms with Gasteiger partial charge in [0.2, 0.25) is 6.29 Å². The number of rotatable bonds is 1. The van der Waals surface area contributed by atoms with Crippen LogP contribution in [0.5, 0.6) is 0 Å². The molecule has 0 amide bonds. The molecule has 3 heteroatoms. The van der Waals surface area contributed by atoms with Crippen molar-refractivity contribution in [1.82, 2.24) is 0 Å².